The minimum Gasteiger partial charge on any atom is -0.477 e. The number of fused-ring (bicyclic) bond motifs is 1. The molecule has 0 aliphatic carbocycles. The third-order valence-electron chi connectivity index (χ3n) is 5.63. The summed E-state index contributed by atoms with van der Waals surface area (Å²) in [6.45, 7) is 8.73. The highest BCUT2D eigenvalue weighted by Crippen LogP contribution is 2.23. The Kier molecular flexibility index (Phi) is 6.90. The number of para-hydroxylation sites is 1. The van der Waals surface area contributed by atoms with Crippen LogP contribution in [-0.4, -0.2) is 71.8 Å². The van der Waals surface area contributed by atoms with Crippen molar-refractivity contribution in [3.63, 3.8) is 0 Å². The van der Waals surface area contributed by atoms with Crippen LogP contribution in [0, 0.1) is 5.92 Å². The van der Waals surface area contributed by atoms with Crippen molar-refractivity contribution in [3.8, 4) is 5.88 Å². The molecule has 0 N–H and O–H groups in total. The first-order valence-corrected chi connectivity index (χ1v) is 11.1. The fraction of sp³-hybridized carbons (Fsp3) is 0.458. The van der Waals surface area contributed by atoms with Crippen molar-refractivity contribution in [3.05, 3.63) is 48.4 Å². The molecule has 1 aliphatic heterocycles. The van der Waals surface area contributed by atoms with Crippen LogP contribution in [0.3, 0.4) is 0 Å². The standard InChI is InChI=1S/C24H31N5O3/c1-18(2)16-32-23-15-22(25-17-26-23)27-8-10-28(11-9-27)24(30)21-14-19-6-4-5-7-20(19)29(21)12-13-31-3/h4-7,14-15,17-18H,8-13,16H2,1-3H3. The molecular formula is C24H31N5O3. The van der Waals surface area contributed by atoms with E-state index in [1.807, 2.05) is 41.3 Å². The average molecular weight is 438 g/mol. The average Bonchev–Trinajstić information content (AvgIpc) is 3.19. The molecule has 8 nitrogen and oxygen atoms in total. The van der Waals surface area contributed by atoms with E-state index in [2.05, 4.69) is 33.3 Å². The van der Waals surface area contributed by atoms with E-state index >= 15 is 0 Å². The van der Waals surface area contributed by atoms with E-state index in [0.29, 0.717) is 63.4 Å². The minimum absolute atomic E-state index is 0.0561. The Morgan fingerprint density at radius 2 is 1.88 bits per heavy atom. The quantitative estimate of drug-likeness (QED) is 0.539. The zero-order valence-corrected chi connectivity index (χ0v) is 19.0. The summed E-state index contributed by atoms with van der Waals surface area (Å²) in [6, 6.07) is 12.0. The van der Waals surface area contributed by atoms with Gasteiger partial charge in [0, 0.05) is 56.8 Å². The largest absolute Gasteiger partial charge is 0.477 e. The van der Waals surface area contributed by atoms with Crippen molar-refractivity contribution in [2.45, 2.75) is 20.4 Å². The van der Waals surface area contributed by atoms with Crippen LogP contribution >= 0.6 is 0 Å². The summed E-state index contributed by atoms with van der Waals surface area (Å²) in [7, 11) is 1.68. The first-order chi connectivity index (χ1) is 15.6. The van der Waals surface area contributed by atoms with E-state index in [-0.39, 0.29) is 5.91 Å². The Bertz CT molecular complexity index is 1060. The second-order valence-corrected chi connectivity index (χ2v) is 8.43. The topological polar surface area (TPSA) is 72.7 Å². The number of hydrogen-bond acceptors (Lipinski definition) is 6. The van der Waals surface area contributed by atoms with Crippen LogP contribution in [0.1, 0.15) is 24.3 Å². The van der Waals surface area contributed by atoms with Gasteiger partial charge in [0.2, 0.25) is 5.88 Å². The molecule has 4 rings (SSSR count). The number of rotatable bonds is 8. The summed E-state index contributed by atoms with van der Waals surface area (Å²) in [6.07, 6.45) is 1.54. The number of carbonyl (C=O) groups is 1. The predicted molar refractivity (Wildman–Crippen MR) is 124 cm³/mol. The maximum Gasteiger partial charge on any atom is 0.270 e. The highest BCUT2D eigenvalue weighted by atomic mass is 16.5. The van der Waals surface area contributed by atoms with Crippen LogP contribution in [0.2, 0.25) is 0 Å². The molecule has 1 saturated heterocycles. The van der Waals surface area contributed by atoms with Gasteiger partial charge in [-0.3, -0.25) is 4.79 Å². The van der Waals surface area contributed by atoms with Gasteiger partial charge < -0.3 is 23.8 Å². The number of amides is 1. The SMILES string of the molecule is COCCn1c(C(=O)N2CCN(c3cc(OCC(C)C)ncn3)CC2)cc2ccccc21. The van der Waals surface area contributed by atoms with E-state index in [4.69, 9.17) is 9.47 Å². The Labute approximate surface area is 188 Å². The van der Waals surface area contributed by atoms with E-state index in [1.54, 1.807) is 7.11 Å². The number of nitrogens with zero attached hydrogens (tertiary/aromatic N) is 5. The molecule has 170 valence electrons. The Morgan fingerprint density at radius 3 is 2.62 bits per heavy atom. The lowest BCUT2D eigenvalue weighted by molar-refractivity contribution is 0.0733. The van der Waals surface area contributed by atoms with Crippen molar-refractivity contribution in [2.75, 3.05) is 51.4 Å². The smallest absolute Gasteiger partial charge is 0.270 e. The maximum atomic E-state index is 13.4. The van der Waals surface area contributed by atoms with E-state index in [0.717, 1.165) is 16.7 Å². The van der Waals surface area contributed by atoms with Crippen LogP contribution < -0.4 is 9.64 Å². The molecule has 1 amide bonds. The number of methoxy groups -OCH3 is 1. The van der Waals surface area contributed by atoms with Crippen LogP contribution in [0.5, 0.6) is 5.88 Å². The van der Waals surface area contributed by atoms with Crippen molar-refractivity contribution in [2.24, 2.45) is 5.92 Å². The Hall–Kier alpha value is -3.13. The number of anilines is 1. The number of ether oxygens (including phenoxy) is 2. The van der Waals surface area contributed by atoms with Gasteiger partial charge in [0.1, 0.15) is 17.8 Å². The molecule has 0 spiro atoms. The fourth-order valence-electron chi connectivity index (χ4n) is 3.95. The molecule has 1 aromatic carbocycles. The van der Waals surface area contributed by atoms with Gasteiger partial charge >= 0.3 is 0 Å². The second-order valence-electron chi connectivity index (χ2n) is 8.43. The zero-order chi connectivity index (χ0) is 22.5. The monoisotopic (exact) mass is 437 g/mol. The molecular weight excluding hydrogens is 406 g/mol. The van der Waals surface area contributed by atoms with Gasteiger partial charge in [0.25, 0.3) is 5.91 Å². The molecule has 32 heavy (non-hydrogen) atoms. The van der Waals surface area contributed by atoms with E-state index < -0.39 is 0 Å². The molecule has 3 heterocycles. The Balaban J connectivity index is 1.45. The molecule has 0 unspecified atom stereocenters. The molecule has 1 aliphatic rings. The van der Waals surface area contributed by atoms with Gasteiger partial charge in [0.15, 0.2) is 0 Å². The van der Waals surface area contributed by atoms with E-state index in [1.165, 1.54) is 6.33 Å². The number of hydrogen-bond donors (Lipinski definition) is 0. The van der Waals surface area contributed by atoms with E-state index in [9.17, 15) is 4.79 Å². The van der Waals surface area contributed by atoms with Gasteiger partial charge in [-0.15, -0.1) is 0 Å². The summed E-state index contributed by atoms with van der Waals surface area (Å²) in [4.78, 5) is 26.1. The predicted octanol–water partition coefficient (Wildman–Crippen LogP) is 3.07. The molecule has 0 bridgehead atoms. The normalized spacial score (nSPS) is 14.4. The molecule has 3 aromatic rings. The number of benzene rings is 1. The summed E-state index contributed by atoms with van der Waals surface area (Å²) in [5, 5.41) is 1.07. The zero-order valence-electron chi connectivity index (χ0n) is 19.0. The van der Waals surface area contributed by atoms with Crippen LogP contribution in [0.4, 0.5) is 5.82 Å². The number of aromatic nitrogens is 3. The Morgan fingerprint density at radius 1 is 1.09 bits per heavy atom. The lowest BCUT2D eigenvalue weighted by atomic mass is 10.2. The maximum absolute atomic E-state index is 13.4. The van der Waals surface area contributed by atoms with Crippen molar-refractivity contribution >= 4 is 22.6 Å². The summed E-state index contributed by atoms with van der Waals surface area (Å²) in [5.74, 6) is 1.91. The molecule has 0 atom stereocenters. The lowest BCUT2D eigenvalue weighted by Crippen LogP contribution is -2.49. The van der Waals surface area contributed by atoms with Crippen molar-refractivity contribution in [1.29, 1.82) is 0 Å². The number of carbonyl (C=O) groups excluding carboxylic acids is 1. The molecule has 2 aromatic heterocycles. The summed E-state index contributed by atoms with van der Waals surface area (Å²) < 4.78 is 13.1. The molecule has 0 saturated carbocycles. The fourth-order valence-corrected chi connectivity index (χ4v) is 3.95. The molecule has 0 radical (unpaired) electrons. The van der Waals surface area contributed by atoms with Gasteiger partial charge in [0.05, 0.1) is 13.2 Å². The summed E-state index contributed by atoms with van der Waals surface area (Å²) in [5.41, 5.74) is 1.77. The first kappa shape index (κ1) is 22.1. The van der Waals surface area contributed by atoms with Gasteiger partial charge in [-0.1, -0.05) is 32.0 Å². The van der Waals surface area contributed by atoms with Crippen LogP contribution in [0.15, 0.2) is 42.7 Å². The van der Waals surface area contributed by atoms with Gasteiger partial charge in [-0.05, 0) is 18.1 Å². The van der Waals surface area contributed by atoms with Crippen LogP contribution in [0.25, 0.3) is 10.9 Å². The van der Waals surface area contributed by atoms with Gasteiger partial charge in [-0.25, -0.2) is 9.97 Å². The van der Waals surface area contributed by atoms with Gasteiger partial charge in [-0.2, -0.15) is 0 Å². The summed E-state index contributed by atoms with van der Waals surface area (Å²) >= 11 is 0. The highest BCUT2D eigenvalue weighted by molar-refractivity contribution is 5.99. The highest BCUT2D eigenvalue weighted by Gasteiger charge is 2.26. The molecule has 1 fully saturated rings. The second kappa shape index (κ2) is 9.99. The van der Waals surface area contributed by atoms with Crippen molar-refractivity contribution in [1.82, 2.24) is 19.4 Å². The third kappa shape index (κ3) is 4.85. The third-order valence-corrected chi connectivity index (χ3v) is 5.63. The lowest BCUT2D eigenvalue weighted by Gasteiger charge is -2.35. The molecule has 8 heteroatoms. The number of piperazine rings is 1. The minimum atomic E-state index is 0.0561. The first-order valence-electron chi connectivity index (χ1n) is 11.1. The van der Waals surface area contributed by atoms with Crippen LogP contribution in [-0.2, 0) is 11.3 Å². The van der Waals surface area contributed by atoms with Crippen molar-refractivity contribution < 1.29 is 14.3 Å².